The van der Waals surface area contributed by atoms with Crippen molar-refractivity contribution in [1.29, 1.82) is 0 Å². The normalized spacial score (nSPS) is 19.4. The summed E-state index contributed by atoms with van der Waals surface area (Å²) in [5.41, 5.74) is 2.95. The Morgan fingerprint density at radius 3 is 2.49 bits per heavy atom. The van der Waals surface area contributed by atoms with Crippen LogP contribution in [-0.2, 0) is 14.3 Å². The fourth-order valence-electron chi connectivity index (χ4n) is 6.28. The summed E-state index contributed by atoms with van der Waals surface area (Å²) < 4.78 is 6.13. The molecule has 2 amide bonds. The predicted octanol–water partition coefficient (Wildman–Crippen LogP) is 6.85. The molecule has 2 aliphatic rings. The molecular formula is C34H28BrN3O7. The zero-order chi connectivity index (χ0) is 32.0. The molecule has 3 atom stereocenters. The van der Waals surface area contributed by atoms with Gasteiger partial charge < -0.3 is 4.74 Å². The first-order valence-corrected chi connectivity index (χ1v) is 15.3. The molecule has 3 aromatic carbocycles. The van der Waals surface area contributed by atoms with Gasteiger partial charge in [-0.1, -0.05) is 47.1 Å². The number of nitro groups is 1. The van der Waals surface area contributed by atoms with E-state index in [2.05, 4.69) is 22.9 Å². The highest BCUT2D eigenvalue weighted by molar-refractivity contribution is 9.10. The van der Waals surface area contributed by atoms with Gasteiger partial charge in [-0.15, -0.1) is 0 Å². The number of amides is 2. The molecule has 1 saturated heterocycles. The molecule has 1 aliphatic heterocycles. The first-order chi connectivity index (χ1) is 21.5. The lowest BCUT2D eigenvalue weighted by Crippen LogP contribution is -2.30. The lowest BCUT2D eigenvalue weighted by molar-refractivity contribution is -0.384. The number of anilines is 1. The van der Waals surface area contributed by atoms with E-state index in [4.69, 9.17) is 9.72 Å². The number of rotatable bonds is 7. The van der Waals surface area contributed by atoms with Gasteiger partial charge in [0, 0.05) is 33.1 Å². The Hall–Kier alpha value is -4.77. The average Bonchev–Trinajstić information content (AvgIpc) is 3.27. The number of esters is 1. The van der Waals surface area contributed by atoms with Crippen molar-refractivity contribution < 1.29 is 28.8 Å². The number of Topliss-reactive ketones (excluding diaryl/α,β-unsaturated/α-hetero) is 1. The smallest absolute Gasteiger partial charge is 0.339 e. The number of halogens is 1. The van der Waals surface area contributed by atoms with E-state index in [1.54, 1.807) is 36.4 Å². The maximum atomic E-state index is 13.4. The Kier molecular flexibility index (Phi) is 8.05. The van der Waals surface area contributed by atoms with Crippen LogP contribution in [0.2, 0.25) is 0 Å². The fraction of sp³-hybridized carbons (Fsp3) is 0.265. The number of hydrogen-bond acceptors (Lipinski definition) is 8. The highest BCUT2D eigenvalue weighted by Gasteiger charge is 2.49. The van der Waals surface area contributed by atoms with Gasteiger partial charge in [-0.25, -0.2) is 9.78 Å². The molecule has 45 heavy (non-hydrogen) atoms. The van der Waals surface area contributed by atoms with Crippen molar-refractivity contribution in [3.8, 4) is 11.3 Å². The summed E-state index contributed by atoms with van der Waals surface area (Å²) in [4.78, 5) is 69.1. The Morgan fingerprint density at radius 1 is 1.02 bits per heavy atom. The van der Waals surface area contributed by atoms with Gasteiger partial charge in [-0.05, 0) is 68.0 Å². The SMILES string of the molecule is Cc1cc(Br)cc2c(C(=O)OCC(=O)c3cccc([N+](=O)[O-])c3)cc(-c3ccc(N4C(=O)C5CCC(C)CC5C4=O)cc3)nc12. The number of carbonyl (C=O) groups is 4. The van der Waals surface area contributed by atoms with Crippen LogP contribution in [-0.4, -0.2) is 40.1 Å². The van der Waals surface area contributed by atoms with Crippen molar-refractivity contribution in [1.82, 2.24) is 4.98 Å². The zero-order valence-electron chi connectivity index (χ0n) is 24.5. The molecule has 0 radical (unpaired) electrons. The van der Waals surface area contributed by atoms with E-state index < -0.39 is 23.3 Å². The topological polar surface area (TPSA) is 137 Å². The minimum absolute atomic E-state index is 0.0553. The number of benzene rings is 3. The first-order valence-electron chi connectivity index (χ1n) is 14.6. The van der Waals surface area contributed by atoms with E-state index in [1.807, 2.05) is 13.0 Å². The molecule has 10 nitrogen and oxygen atoms in total. The molecule has 2 fully saturated rings. The molecule has 11 heteroatoms. The van der Waals surface area contributed by atoms with Gasteiger partial charge in [-0.3, -0.25) is 29.4 Å². The zero-order valence-corrected chi connectivity index (χ0v) is 26.1. The van der Waals surface area contributed by atoms with Gasteiger partial charge in [0.05, 0.1) is 39.2 Å². The van der Waals surface area contributed by atoms with E-state index in [-0.39, 0.29) is 40.5 Å². The Balaban J connectivity index is 1.29. The van der Waals surface area contributed by atoms with E-state index in [0.717, 1.165) is 35.4 Å². The van der Waals surface area contributed by atoms with Crippen LogP contribution in [0.5, 0.6) is 0 Å². The summed E-state index contributed by atoms with van der Waals surface area (Å²) in [5.74, 6) is -1.79. The van der Waals surface area contributed by atoms with Gasteiger partial charge >= 0.3 is 5.97 Å². The monoisotopic (exact) mass is 669 g/mol. The number of pyridine rings is 1. The number of nitrogens with zero attached hydrogens (tertiary/aromatic N) is 3. The summed E-state index contributed by atoms with van der Waals surface area (Å²) >= 11 is 3.47. The quantitative estimate of drug-likeness (QED) is 0.0685. The van der Waals surface area contributed by atoms with Crippen molar-refractivity contribution in [3.05, 3.63) is 98.0 Å². The second kappa shape index (κ2) is 12.0. The maximum Gasteiger partial charge on any atom is 0.339 e. The molecule has 228 valence electrons. The molecule has 6 rings (SSSR count). The number of imide groups is 1. The minimum Gasteiger partial charge on any atom is -0.454 e. The number of non-ortho nitro benzene ring substituents is 1. The van der Waals surface area contributed by atoms with Gasteiger partial charge in [-0.2, -0.15) is 0 Å². The molecule has 2 heterocycles. The van der Waals surface area contributed by atoms with E-state index in [1.165, 1.54) is 23.1 Å². The van der Waals surface area contributed by atoms with Crippen molar-refractivity contribution in [2.45, 2.75) is 33.1 Å². The van der Waals surface area contributed by atoms with Crippen LogP contribution in [0.15, 0.2) is 71.2 Å². The molecular weight excluding hydrogens is 642 g/mol. The standard InChI is InChI=1S/C34H28BrN3O7/c1-18-6-11-25-27(12-18)33(41)37(32(25)40)23-9-7-20(8-10-23)29-16-28(26-15-22(35)13-19(2)31(26)36-29)34(42)45-17-30(39)21-4-3-5-24(14-21)38(43)44/h3-5,7-10,13-16,18,25,27H,6,11-12,17H2,1-2H3. The summed E-state index contributed by atoms with van der Waals surface area (Å²) in [6, 6.07) is 17.3. The second-order valence-corrected chi connectivity index (χ2v) is 12.6. The molecule has 1 aromatic heterocycles. The number of ketones is 1. The van der Waals surface area contributed by atoms with Crippen LogP contribution in [0.3, 0.4) is 0 Å². The summed E-state index contributed by atoms with van der Waals surface area (Å²) in [6.45, 7) is 3.36. The average molecular weight is 671 g/mol. The number of hydrogen-bond donors (Lipinski definition) is 0. The van der Waals surface area contributed by atoms with Crippen molar-refractivity contribution in [3.63, 3.8) is 0 Å². The van der Waals surface area contributed by atoms with Crippen molar-refractivity contribution >= 4 is 61.8 Å². The Bertz CT molecular complexity index is 1910. The van der Waals surface area contributed by atoms with Crippen LogP contribution in [0.4, 0.5) is 11.4 Å². The van der Waals surface area contributed by atoms with Crippen molar-refractivity contribution in [2.24, 2.45) is 17.8 Å². The maximum absolute atomic E-state index is 13.4. The lowest BCUT2D eigenvalue weighted by Gasteiger charge is -2.25. The Labute approximate surface area is 266 Å². The third-order valence-corrected chi connectivity index (χ3v) is 9.07. The highest BCUT2D eigenvalue weighted by Crippen LogP contribution is 2.42. The number of ether oxygens (including phenoxy) is 1. The summed E-state index contributed by atoms with van der Waals surface area (Å²) in [7, 11) is 0. The van der Waals surface area contributed by atoms with Gasteiger partial charge in [0.15, 0.2) is 6.61 Å². The molecule has 0 bridgehead atoms. The number of aryl methyl sites for hydroxylation is 1. The lowest BCUT2D eigenvalue weighted by atomic mass is 9.76. The second-order valence-electron chi connectivity index (χ2n) is 11.7. The number of nitro benzene ring substituents is 1. The van der Waals surface area contributed by atoms with Crippen LogP contribution < -0.4 is 4.90 Å². The molecule has 0 spiro atoms. The van der Waals surface area contributed by atoms with Crippen LogP contribution >= 0.6 is 15.9 Å². The van der Waals surface area contributed by atoms with Crippen LogP contribution in [0.25, 0.3) is 22.2 Å². The molecule has 1 saturated carbocycles. The van der Waals surface area contributed by atoms with Gasteiger partial charge in [0.25, 0.3) is 5.69 Å². The summed E-state index contributed by atoms with van der Waals surface area (Å²) in [6.07, 6.45) is 2.37. The Morgan fingerprint density at radius 2 is 1.76 bits per heavy atom. The molecule has 4 aromatic rings. The first kappa shape index (κ1) is 30.3. The molecule has 1 aliphatic carbocycles. The van der Waals surface area contributed by atoms with Crippen molar-refractivity contribution in [2.75, 3.05) is 11.5 Å². The number of fused-ring (bicyclic) bond motifs is 2. The van der Waals surface area contributed by atoms with Crippen LogP contribution in [0.1, 0.15) is 52.5 Å². The highest BCUT2D eigenvalue weighted by atomic mass is 79.9. The van der Waals surface area contributed by atoms with Gasteiger partial charge in [0.1, 0.15) is 0 Å². The van der Waals surface area contributed by atoms with E-state index >= 15 is 0 Å². The van der Waals surface area contributed by atoms with E-state index in [9.17, 15) is 29.3 Å². The van der Waals surface area contributed by atoms with E-state index in [0.29, 0.717) is 33.8 Å². The molecule has 0 N–H and O–H groups in total. The summed E-state index contributed by atoms with van der Waals surface area (Å²) in [5, 5.41) is 11.6. The third kappa shape index (κ3) is 5.75. The van der Waals surface area contributed by atoms with Crippen LogP contribution in [0, 0.1) is 34.8 Å². The minimum atomic E-state index is -0.762. The molecule has 3 unspecified atom stereocenters. The largest absolute Gasteiger partial charge is 0.454 e. The number of aromatic nitrogens is 1. The predicted molar refractivity (Wildman–Crippen MR) is 170 cm³/mol. The van der Waals surface area contributed by atoms with Gasteiger partial charge in [0.2, 0.25) is 17.6 Å². The third-order valence-electron chi connectivity index (χ3n) is 8.61. The fourth-order valence-corrected chi connectivity index (χ4v) is 6.86. The number of carbonyl (C=O) groups excluding carboxylic acids is 4.